The van der Waals surface area contributed by atoms with Crippen molar-refractivity contribution in [3.05, 3.63) is 0 Å². The smallest absolute Gasteiger partial charge is 0.410 e. The second-order valence-electron chi connectivity index (χ2n) is 7.20. The lowest BCUT2D eigenvalue weighted by Gasteiger charge is -2.36. The van der Waals surface area contributed by atoms with E-state index in [4.69, 9.17) is 9.57 Å². The van der Waals surface area contributed by atoms with E-state index in [0.29, 0.717) is 12.6 Å². The number of piperidine rings is 1. The summed E-state index contributed by atoms with van der Waals surface area (Å²) in [5.74, 6) is 0. The maximum absolute atomic E-state index is 12.3. The van der Waals surface area contributed by atoms with Crippen LogP contribution in [0.5, 0.6) is 0 Å². The predicted octanol–water partition coefficient (Wildman–Crippen LogP) is 3.24. The second-order valence-corrected chi connectivity index (χ2v) is 7.20. The van der Waals surface area contributed by atoms with Gasteiger partial charge in [0, 0.05) is 19.1 Å². The molecule has 0 bridgehead atoms. The van der Waals surface area contributed by atoms with Crippen molar-refractivity contribution >= 4 is 6.09 Å². The van der Waals surface area contributed by atoms with Crippen molar-refractivity contribution in [1.29, 1.82) is 0 Å². The summed E-state index contributed by atoms with van der Waals surface area (Å²) >= 11 is 0. The summed E-state index contributed by atoms with van der Waals surface area (Å²) in [5, 5.41) is 0. The van der Waals surface area contributed by atoms with Crippen molar-refractivity contribution in [2.45, 2.75) is 83.5 Å². The predicted molar refractivity (Wildman–Crippen MR) is 81.9 cm³/mol. The molecule has 2 aliphatic rings. The summed E-state index contributed by atoms with van der Waals surface area (Å²) < 4.78 is 5.51. The molecule has 1 saturated carbocycles. The molecule has 5 nitrogen and oxygen atoms in total. The molecular formula is C16H30N2O3. The van der Waals surface area contributed by atoms with Crippen LogP contribution in [0.15, 0.2) is 0 Å². The number of rotatable bonds is 4. The van der Waals surface area contributed by atoms with Gasteiger partial charge in [0.2, 0.25) is 0 Å². The van der Waals surface area contributed by atoms with E-state index >= 15 is 0 Å². The van der Waals surface area contributed by atoms with Crippen molar-refractivity contribution in [2.24, 2.45) is 0 Å². The molecule has 0 aromatic rings. The Bertz CT molecular complexity index is 335. The highest BCUT2D eigenvalue weighted by Gasteiger charge is 2.30. The van der Waals surface area contributed by atoms with Crippen LogP contribution in [0.2, 0.25) is 0 Å². The number of carbonyl (C=O) groups excluding carboxylic acids is 1. The van der Waals surface area contributed by atoms with E-state index < -0.39 is 5.60 Å². The third kappa shape index (κ3) is 5.47. The number of hydroxylamine groups is 1. The molecule has 1 atom stereocenters. The Morgan fingerprint density at radius 3 is 2.48 bits per heavy atom. The van der Waals surface area contributed by atoms with Crippen molar-refractivity contribution < 1.29 is 14.4 Å². The number of likely N-dealkylation sites (tertiary alicyclic amines) is 1. The lowest BCUT2D eigenvalue weighted by molar-refractivity contribution is -0.0384. The first-order valence-electron chi connectivity index (χ1n) is 8.34. The van der Waals surface area contributed by atoms with Gasteiger partial charge < -0.3 is 9.64 Å². The summed E-state index contributed by atoms with van der Waals surface area (Å²) in [5.41, 5.74) is 2.66. The molecule has 5 heteroatoms. The summed E-state index contributed by atoms with van der Waals surface area (Å²) in [6, 6.07) is 0.176. The number of carbonyl (C=O) groups is 1. The summed E-state index contributed by atoms with van der Waals surface area (Å²) in [7, 11) is 0. The fourth-order valence-electron chi connectivity index (χ4n) is 3.04. The van der Waals surface area contributed by atoms with Gasteiger partial charge in [0.1, 0.15) is 5.60 Å². The Kier molecular flexibility index (Phi) is 5.88. The van der Waals surface area contributed by atoms with Crippen LogP contribution >= 0.6 is 0 Å². The summed E-state index contributed by atoms with van der Waals surface area (Å²) in [6.45, 7) is 7.20. The van der Waals surface area contributed by atoms with Crippen LogP contribution < -0.4 is 5.48 Å². The number of hydrogen-bond donors (Lipinski definition) is 1. The van der Waals surface area contributed by atoms with Crippen LogP contribution in [0.3, 0.4) is 0 Å². The summed E-state index contributed by atoms with van der Waals surface area (Å²) in [6.07, 6.45) is 8.20. The Balaban J connectivity index is 1.79. The minimum atomic E-state index is -0.438. The van der Waals surface area contributed by atoms with Gasteiger partial charge >= 0.3 is 6.09 Å². The van der Waals surface area contributed by atoms with Crippen molar-refractivity contribution in [1.82, 2.24) is 10.4 Å². The molecule has 1 N–H and O–H groups in total. The van der Waals surface area contributed by atoms with Crippen LogP contribution in [0, 0.1) is 0 Å². The van der Waals surface area contributed by atoms with E-state index in [-0.39, 0.29) is 12.1 Å². The van der Waals surface area contributed by atoms with Gasteiger partial charge in [0.15, 0.2) is 0 Å². The van der Waals surface area contributed by atoms with E-state index in [0.717, 1.165) is 38.6 Å². The molecular weight excluding hydrogens is 268 g/mol. The molecule has 2 rings (SSSR count). The lowest BCUT2D eigenvalue weighted by Crippen LogP contribution is -2.50. The topological polar surface area (TPSA) is 50.8 Å². The van der Waals surface area contributed by atoms with Crippen molar-refractivity contribution in [3.8, 4) is 0 Å². The fourth-order valence-corrected chi connectivity index (χ4v) is 3.04. The maximum Gasteiger partial charge on any atom is 0.410 e. The number of nitrogens with one attached hydrogen (secondary N) is 1. The first-order valence-corrected chi connectivity index (χ1v) is 8.34. The standard InChI is InChI=1S/C16H30N2O3/c1-16(2,3)20-15(19)18-11-7-6-8-13(18)12-17-21-14-9-4-5-10-14/h13-14,17H,4-12H2,1-3H3. The Hall–Kier alpha value is -0.810. The molecule has 2 fully saturated rings. The third-order valence-electron chi connectivity index (χ3n) is 4.13. The quantitative estimate of drug-likeness (QED) is 0.810. The maximum atomic E-state index is 12.3. The van der Waals surface area contributed by atoms with Crippen LogP contribution in [-0.2, 0) is 9.57 Å². The highest BCUT2D eigenvalue weighted by Crippen LogP contribution is 2.22. The minimum Gasteiger partial charge on any atom is -0.444 e. The van der Waals surface area contributed by atoms with Gasteiger partial charge in [-0.15, -0.1) is 0 Å². The van der Waals surface area contributed by atoms with Gasteiger partial charge in [-0.2, -0.15) is 0 Å². The molecule has 1 heterocycles. The molecule has 0 spiro atoms. The van der Waals surface area contributed by atoms with Gasteiger partial charge in [0.05, 0.1) is 6.10 Å². The van der Waals surface area contributed by atoms with Gasteiger partial charge in [-0.3, -0.25) is 4.84 Å². The largest absolute Gasteiger partial charge is 0.444 e. The zero-order valence-electron chi connectivity index (χ0n) is 13.7. The normalized spacial score (nSPS) is 24.3. The summed E-state index contributed by atoms with van der Waals surface area (Å²) in [4.78, 5) is 19.8. The SMILES string of the molecule is CC(C)(C)OC(=O)N1CCCCC1CNOC1CCCC1. The molecule has 1 aliphatic carbocycles. The molecule has 1 aliphatic heterocycles. The molecule has 0 radical (unpaired) electrons. The molecule has 1 saturated heterocycles. The Morgan fingerprint density at radius 2 is 1.81 bits per heavy atom. The lowest BCUT2D eigenvalue weighted by atomic mass is 10.0. The molecule has 21 heavy (non-hydrogen) atoms. The van der Waals surface area contributed by atoms with E-state index in [9.17, 15) is 4.79 Å². The average Bonchev–Trinajstić information content (AvgIpc) is 2.90. The zero-order valence-corrected chi connectivity index (χ0v) is 13.7. The zero-order chi connectivity index (χ0) is 15.3. The minimum absolute atomic E-state index is 0.176. The fraction of sp³-hybridized carbons (Fsp3) is 0.938. The third-order valence-corrected chi connectivity index (χ3v) is 4.13. The van der Waals surface area contributed by atoms with E-state index in [1.807, 2.05) is 25.7 Å². The van der Waals surface area contributed by atoms with Gasteiger partial charge in [-0.05, 0) is 52.9 Å². The molecule has 0 aromatic carbocycles. The van der Waals surface area contributed by atoms with E-state index in [1.165, 1.54) is 12.8 Å². The number of nitrogens with zero attached hydrogens (tertiary/aromatic N) is 1. The second kappa shape index (κ2) is 7.45. The van der Waals surface area contributed by atoms with E-state index in [1.54, 1.807) is 0 Å². The van der Waals surface area contributed by atoms with Crippen LogP contribution in [0.25, 0.3) is 0 Å². The van der Waals surface area contributed by atoms with E-state index in [2.05, 4.69) is 5.48 Å². The molecule has 1 amide bonds. The first kappa shape index (κ1) is 16.6. The van der Waals surface area contributed by atoms with Crippen LogP contribution in [0.1, 0.15) is 65.7 Å². The average molecular weight is 298 g/mol. The number of amides is 1. The molecule has 1 unspecified atom stereocenters. The number of ether oxygens (including phenoxy) is 1. The van der Waals surface area contributed by atoms with Crippen LogP contribution in [-0.4, -0.2) is 41.8 Å². The van der Waals surface area contributed by atoms with Gasteiger partial charge in [-0.1, -0.05) is 12.8 Å². The highest BCUT2D eigenvalue weighted by atomic mass is 16.7. The molecule has 0 aromatic heterocycles. The molecule has 122 valence electrons. The Labute approximate surface area is 128 Å². The monoisotopic (exact) mass is 298 g/mol. The van der Waals surface area contributed by atoms with Crippen molar-refractivity contribution in [3.63, 3.8) is 0 Å². The number of hydrogen-bond acceptors (Lipinski definition) is 4. The van der Waals surface area contributed by atoms with Crippen LogP contribution in [0.4, 0.5) is 4.79 Å². The van der Waals surface area contributed by atoms with Crippen molar-refractivity contribution in [2.75, 3.05) is 13.1 Å². The van der Waals surface area contributed by atoms with Gasteiger partial charge in [0.25, 0.3) is 0 Å². The highest BCUT2D eigenvalue weighted by molar-refractivity contribution is 5.68. The first-order chi connectivity index (χ1) is 9.96. The van der Waals surface area contributed by atoms with Gasteiger partial charge in [-0.25, -0.2) is 10.3 Å². The Morgan fingerprint density at radius 1 is 1.14 bits per heavy atom.